The molecule has 106 valence electrons. The molecule has 5 heteroatoms. The van der Waals surface area contributed by atoms with Gasteiger partial charge in [-0.15, -0.1) is 0 Å². The van der Waals surface area contributed by atoms with Crippen molar-refractivity contribution in [1.82, 2.24) is 9.97 Å². The molecule has 0 amide bonds. The van der Waals surface area contributed by atoms with Gasteiger partial charge in [-0.25, -0.2) is 13.8 Å². The Balaban J connectivity index is 1.91. The molecule has 0 saturated carbocycles. The van der Waals surface area contributed by atoms with E-state index in [4.69, 9.17) is 5.73 Å². The minimum Gasteiger partial charge on any atom is -0.340 e. The van der Waals surface area contributed by atoms with Gasteiger partial charge in [-0.3, -0.25) is 0 Å². The zero-order chi connectivity index (χ0) is 14.8. The van der Waals surface area contributed by atoms with Gasteiger partial charge >= 0.3 is 0 Å². The maximum Gasteiger partial charge on any atom is 0.159 e. The summed E-state index contributed by atoms with van der Waals surface area (Å²) in [6.07, 6.45) is 1.56. The lowest BCUT2D eigenvalue weighted by atomic mass is 10.1. The van der Waals surface area contributed by atoms with Crippen LogP contribution in [0, 0.1) is 11.6 Å². The second-order valence-corrected chi connectivity index (χ2v) is 4.70. The molecule has 3 nitrogen and oxygen atoms in total. The molecule has 0 saturated heterocycles. The molecule has 21 heavy (non-hydrogen) atoms. The fourth-order valence-electron chi connectivity index (χ4n) is 2.12. The van der Waals surface area contributed by atoms with Crippen molar-refractivity contribution < 1.29 is 8.78 Å². The van der Waals surface area contributed by atoms with E-state index in [2.05, 4.69) is 9.97 Å². The van der Waals surface area contributed by atoms with E-state index in [9.17, 15) is 8.78 Å². The topological polar surface area (TPSA) is 54.7 Å². The van der Waals surface area contributed by atoms with Gasteiger partial charge in [0.25, 0.3) is 0 Å². The molecule has 3 N–H and O–H groups in total. The van der Waals surface area contributed by atoms with Gasteiger partial charge in [0.05, 0.1) is 17.9 Å². The molecule has 2 aromatic carbocycles. The third kappa shape index (κ3) is 2.68. The van der Waals surface area contributed by atoms with Crippen LogP contribution in [-0.4, -0.2) is 9.97 Å². The minimum absolute atomic E-state index is 0.398. The molecule has 3 aromatic rings. The maximum atomic E-state index is 13.3. The second kappa shape index (κ2) is 5.46. The molecular weight excluding hydrogens is 272 g/mol. The molecule has 0 fully saturated rings. The maximum absolute atomic E-state index is 13.3. The fourth-order valence-corrected chi connectivity index (χ4v) is 2.12. The number of H-pyrrole nitrogens is 1. The van der Waals surface area contributed by atoms with E-state index in [1.54, 1.807) is 6.20 Å². The Hall–Kier alpha value is -2.53. The monoisotopic (exact) mass is 285 g/mol. The summed E-state index contributed by atoms with van der Waals surface area (Å²) in [6, 6.07) is 12.8. The average molecular weight is 285 g/mol. The molecule has 3 rings (SSSR count). The summed E-state index contributed by atoms with van der Waals surface area (Å²) in [7, 11) is 0. The lowest BCUT2D eigenvalue weighted by molar-refractivity contribution is 0.509. The Bertz CT molecular complexity index is 753. The number of aromatic amines is 1. The standard InChI is InChI=1S/C16H13F2N3/c17-12-7-6-11(8-13(12)18)14-9-20-16(21-14)15(19)10-4-2-1-3-5-10/h1-9,15H,19H2,(H,20,21)/t15-/m0/s1. The third-order valence-electron chi connectivity index (χ3n) is 3.28. The number of nitrogens with two attached hydrogens (primary N) is 1. The van der Waals surface area contributed by atoms with Crippen molar-refractivity contribution in [3.8, 4) is 11.3 Å². The first-order chi connectivity index (χ1) is 10.1. The molecule has 0 aliphatic rings. The molecule has 0 aliphatic heterocycles. The van der Waals surface area contributed by atoms with Gasteiger partial charge in [0.15, 0.2) is 11.6 Å². The summed E-state index contributed by atoms with van der Waals surface area (Å²) in [4.78, 5) is 7.27. The highest BCUT2D eigenvalue weighted by Crippen LogP contribution is 2.23. The molecule has 0 radical (unpaired) electrons. The van der Waals surface area contributed by atoms with E-state index in [0.29, 0.717) is 17.1 Å². The van der Waals surface area contributed by atoms with Crippen LogP contribution in [0.3, 0.4) is 0 Å². The Morgan fingerprint density at radius 1 is 1.00 bits per heavy atom. The Labute approximate surface area is 120 Å². The van der Waals surface area contributed by atoms with E-state index >= 15 is 0 Å². The van der Waals surface area contributed by atoms with Crippen LogP contribution in [0.1, 0.15) is 17.4 Å². The van der Waals surface area contributed by atoms with E-state index in [1.165, 1.54) is 6.07 Å². The van der Waals surface area contributed by atoms with E-state index in [0.717, 1.165) is 17.7 Å². The normalized spacial score (nSPS) is 12.3. The predicted molar refractivity (Wildman–Crippen MR) is 76.4 cm³/mol. The number of halogens is 2. The first-order valence-electron chi connectivity index (χ1n) is 6.46. The van der Waals surface area contributed by atoms with Gasteiger partial charge in [-0.2, -0.15) is 0 Å². The number of nitrogens with zero attached hydrogens (tertiary/aromatic N) is 1. The van der Waals surface area contributed by atoms with Crippen LogP contribution in [0.15, 0.2) is 54.7 Å². The van der Waals surface area contributed by atoms with Crippen molar-refractivity contribution >= 4 is 0 Å². The molecule has 1 aromatic heterocycles. The summed E-state index contributed by atoms with van der Waals surface area (Å²) in [6.45, 7) is 0. The number of nitrogens with one attached hydrogen (secondary N) is 1. The van der Waals surface area contributed by atoms with Crippen molar-refractivity contribution in [3.05, 3.63) is 77.8 Å². The molecule has 0 aliphatic carbocycles. The number of aromatic nitrogens is 2. The fraction of sp³-hybridized carbons (Fsp3) is 0.0625. The lowest BCUT2D eigenvalue weighted by Crippen LogP contribution is -2.13. The Morgan fingerprint density at radius 2 is 1.76 bits per heavy atom. The second-order valence-electron chi connectivity index (χ2n) is 4.70. The number of benzene rings is 2. The highest BCUT2D eigenvalue weighted by atomic mass is 19.2. The zero-order valence-corrected chi connectivity index (χ0v) is 11.1. The largest absolute Gasteiger partial charge is 0.340 e. The minimum atomic E-state index is -0.893. The van der Waals surface area contributed by atoms with E-state index in [-0.39, 0.29) is 0 Å². The predicted octanol–water partition coefficient (Wildman–Crippen LogP) is 3.40. The number of imidazole rings is 1. The van der Waals surface area contributed by atoms with Crippen LogP contribution in [-0.2, 0) is 0 Å². The van der Waals surface area contributed by atoms with Gasteiger partial charge in [0.1, 0.15) is 5.82 Å². The highest BCUT2D eigenvalue weighted by molar-refractivity contribution is 5.58. The van der Waals surface area contributed by atoms with Crippen LogP contribution in [0.25, 0.3) is 11.3 Å². The SMILES string of the molecule is N[C@@H](c1ccccc1)c1ncc(-c2ccc(F)c(F)c2)[nH]1. The molecule has 1 atom stereocenters. The van der Waals surface area contributed by atoms with Gasteiger partial charge < -0.3 is 10.7 Å². The van der Waals surface area contributed by atoms with Crippen LogP contribution < -0.4 is 5.73 Å². The zero-order valence-electron chi connectivity index (χ0n) is 11.1. The van der Waals surface area contributed by atoms with Gasteiger partial charge in [-0.1, -0.05) is 30.3 Å². The highest BCUT2D eigenvalue weighted by Gasteiger charge is 2.13. The smallest absolute Gasteiger partial charge is 0.159 e. The first-order valence-corrected chi connectivity index (χ1v) is 6.46. The number of hydrogen-bond acceptors (Lipinski definition) is 2. The quantitative estimate of drug-likeness (QED) is 0.775. The molecule has 0 unspecified atom stereocenters. The summed E-state index contributed by atoms with van der Waals surface area (Å²) >= 11 is 0. The van der Waals surface area contributed by atoms with Crippen LogP contribution >= 0.6 is 0 Å². The lowest BCUT2D eigenvalue weighted by Gasteiger charge is -2.08. The summed E-state index contributed by atoms with van der Waals surface area (Å²) < 4.78 is 26.2. The number of hydrogen-bond donors (Lipinski definition) is 2. The van der Waals surface area contributed by atoms with Gasteiger partial charge in [0, 0.05) is 5.56 Å². The Morgan fingerprint density at radius 3 is 2.48 bits per heavy atom. The third-order valence-corrected chi connectivity index (χ3v) is 3.28. The van der Waals surface area contributed by atoms with Gasteiger partial charge in [-0.05, 0) is 23.8 Å². The first kappa shape index (κ1) is 13.5. The van der Waals surface area contributed by atoms with Crippen molar-refractivity contribution in [2.75, 3.05) is 0 Å². The molecule has 1 heterocycles. The Kier molecular flexibility index (Phi) is 3.50. The van der Waals surface area contributed by atoms with Crippen molar-refractivity contribution in [2.45, 2.75) is 6.04 Å². The van der Waals surface area contributed by atoms with Crippen LogP contribution in [0.4, 0.5) is 8.78 Å². The summed E-state index contributed by atoms with van der Waals surface area (Å²) in [5.74, 6) is -1.20. The molecule has 0 bridgehead atoms. The van der Waals surface area contributed by atoms with Crippen LogP contribution in [0.5, 0.6) is 0 Å². The van der Waals surface area contributed by atoms with Crippen molar-refractivity contribution in [3.63, 3.8) is 0 Å². The average Bonchev–Trinajstić information content (AvgIpc) is 3.00. The van der Waals surface area contributed by atoms with Crippen molar-refractivity contribution in [1.29, 1.82) is 0 Å². The van der Waals surface area contributed by atoms with E-state index in [1.807, 2.05) is 30.3 Å². The molecule has 0 spiro atoms. The van der Waals surface area contributed by atoms with Gasteiger partial charge in [0.2, 0.25) is 0 Å². The molecular formula is C16H13F2N3. The van der Waals surface area contributed by atoms with E-state index < -0.39 is 17.7 Å². The van der Waals surface area contributed by atoms with Crippen LogP contribution in [0.2, 0.25) is 0 Å². The van der Waals surface area contributed by atoms with Crippen molar-refractivity contribution in [2.24, 2.45) is 5.73 Å². The number of rotatable bonds is 3. The summed E-state index contributed by atoms with van der Waals surface area (Å²) in [5.41, 5.74) is 8.17. The summed E-state index contributed by atoms with van der Waals surface area (Å²) in [5, 5.41) is 0.